The topological polar surface area (TPSA) is 49.7 Å². The molecule has 0 radical (unpaired) electrons. The third-order valence-corrected chi connectivity index (χ3v) is 11.5. The molecule has 59 heavy (non-hydrogen) atoms. The maximum absolute atomic E-state index is 5.62. The third kappa shape index (κ3) is 6.03. The molecule has 0 aliphatic carbocycles. The Morgan fingerprint density at radius 1 is 0.593 bits per heavy atom. The van der Waals surface area contributed by atoms with E-state index in [-0.39, 0.29) is 26.5 Å². The number of hydrogen-bond acceptors (Lipinski definition) is 2. The zero-order valence-corrected chi connectivity index (χ0v) is 35.4. The van der Waals surface area contributed by atoms with E-state index in [0.29, 0.717) is 0 Å². The minimum Gasteiger partial charge on any atom is -0.656 e. The van der Waals surface area contributed by atoms with Crippen molar-refractivity contribution in [1.82, 2.24) is 24.1 Å². The summed E-state index contributed by atoms with van der Waals surface area (Å²) in [7, 11) is 0. The molecular weight excluding hydrogens is 902 g/mol. The molecule has 286 valence electrons. The minimum atomic E-state index is -0.0932. The van der Waals surface area contributed by atoms with Gasteiger partial charge in [-0.1, -0.05) is 129 Å². The van der Waals surface area contributed by atoms with Gasteiger partial charge in [-0.05, 0) is 88.0 Å². The van der Waals surface area contributed by atoms with E-state index in [0.717, 1.165) is 88.8 Å². The van der Waals surface area contributed by atoms with Crippen molar-refractivity contribution in [3.8, 4) is 45.0 Å². The van der Waals surface area contributed by atoms with Gasteiger partial charge in [-0.15, -0.1) is 40.9 Å². The van der Waals surface area contributed by atoms with Crippen molar-refractivity contribution >= 4 is 54.8 Å². The molecule has 0 saturated heterocycles. The summed E-state index contributed by atoms with van der Waals surface area (Å²) >= 11 is 0. The largest absolute Gasteiger partial charge is 2.00 e. The molecule has 0 spiro atoms. The smallest absolute Gasteiger partial charge is 0.656 e. The normalized spacial score (nSPS) is 11.9. The Bertz CT molecular complexity index is 3380. The van der Waals surface area contributed by atoms with Crippen LogP contribution in [-0.2, 0) is 26.5 Å². The monoisotopic (exact) mass is 940 g/mol. The number of para-hydroxylation sites is 2. The molecule has 0 aliphatic rings. The predicted molar refractivity (Wildman–Crippen MR) is 240 cm³/mol. The molecule has 11 aromatic rings. The van der Waals surface area contributed by atoms with Crippen LogP contribution in [0.25, 0.3) is 99.8 Å². The molecule has 5 nitrogen and oxygen atoms in total. The zero-order chi connectivity index (χ0) is 39.1. The van der Waals surface area contributed by atoms with Gasteiger partial charge in [0, 0.05) is 28.2 Å². The van der Waals surface area contributed by atoms with Crippen LogP contribution in [0.15, 0.2) is 164 Å². The van der Waals surface area contributed by atoms with Crippen molar-refractivity contribution in [2.45, 2.75) is 33.1 Å². The summed E-state index contributed by atoms with van der Waals surface area (Å²) in [4.78, 5) is 15.8. The average molecular weight is 941 g/mol. The van der Waals surface area contributed by atoms with Crippen LogP contribution in [0.2, 0.25) is 0 Å². The van der Waals surface area contributed by atoms with Crippen LogP contribution >= 0.6 is 0 Å². The standard InChI is InChI=1S/C53H39N5.Pt/c1-33-23-26-46-43(28-33)44-31-37(53(2,3)4)32-45(49(44)55-46)52-56-50-40(20-12-22-47(50)57(52)38-17-9-6-10-18-38)36-16-11-19-39(29-36)58-48-30-35(34-14-7-5-8-15-34)24-25-41(48)42-21-13-27-54-51(42)58;/h5-28,30-32H,1-4H3;/q-2;+2. The summed E-state index contributed by atoms with van der Waals surface area (Å²) in [5, 5.41) is 4.59. The number of fused-ring (bicyclic) bond motifs is 7. The fourth-order valence-electron chi connectivity index (χ4n) is 8.63. The van der Waals surface area contributed by atoms with Gasteiger partial charge in [-0.3, -0.25) is 4.57 Å². The van der Waals surface area contributed by atoms with Crippen molar-refractivity contribution in [3.63, 3.8) is 0 Å². The number of pyridine rings is 1. The number of benzene rings is 7. The van der Waals surface area contributed by atoms with Crippen LogP contribution in [0.1, 0.15) is 31.9 Å². The summed E-state index contributed by atoms with van der Waals surface area (Å²) in [5.41, 5.74) is 15.5. The Morgan fingerprint density at radius 3 is 2.20 bits per heavy atom. The van der Waals surface area contributed by atoms with E-state index in [4.69, 9.17) is 15.0 Å². The molecule has 11 rings (SSSR count). The van der Waals surface area contributed by atoms with Crippen LogP contribution in [0, 0.1) is 13.0 Å². The van der Waals surface area contributed by atoms with Crippen molar-refractivity contribution in [3.05, 3.63) is 181 Å². The maximum Gasteiger partial charge on any atom is 2.00 e. The van der Waals surface area contributed by atoms with E-state index in [1.807, 2.05) is 12.3 Å². The molecule has 4 aromatic heterocycles. The van der Waals surface area contributed by atoms with Gasteiger partial charge in [0.25, 0.3) is 0 Å². The van der Waals surface area contributed by atoms with E-state index < -0.39 is 0 Å². The quantitative estimate of drug-likeness (QED) is 0.162. The van der Waals surface area contributed by atoms with Gasteiger partial charge in [0.15, 0.2) is 0 Å². The van der Waals surface area contributed by atoms with Crippen molar-refractivity contribution in [1.29, 1.82) is 0 Å². The average Bonchev–Trinajstić information content (AvgIpc) is 3.93. The van der Waals surface area contributed by atoms with E-state index in [1.54, 1.807) is 0 Å². The SMILES string of the molecule is Cc1ccc2[n-]c3c(-c4nc5c(-c6[c-]c(-n7c8cc(-c9ccccc9)ccc8c8cccnc87)ccc6)cccc5n4-c4ccccc4)cc(C(C)(C)C)cc3c2c1.[Pt+2]. The number of imidazole rings is 1. The van der Waals surface area contributed by atoms with Gasteiger partial charge in [0.05, 0.1) is 16.6 Å². The van der Waals surface area contributed by atoms with Crippen molar-refractivity contribution in [2.75, 3.05) is 0 Å². The number of hydrogen-bond donors (Lipinski definition) is 0. The molecule has 0 atom stereocenters. The molecule has 0 saturated carbocycles. The first-order valence-electron chi connectivity index (χ1n) is 19.9. The molecule has 6 heteroatoms. The Labute approximate surface area is 357 Å². The van der Waals surface area contributed by atoms with E-state index in [1.165, 1.54) is 22.1 Å². The molecule has 7 aromatic carbocycles. The van der Waals surface area contributed by atoms with Gasteiger partial charge >= 0.3 is 21.1 Å². The number of rotatable bonds is 5. The molecule has 0 aliphatic heterocycles. The second kappa shape index (κ2) is 14.1. The fourth-order valence-corrected chi connectivity index (χ4v) is 8.63. The van der Waals surface area contributed by atoms with Crippen molar-refractivity contribution in [2.24, 2.45) is 0 Å². The molecule has 0 unspecified atom stereocenters. The first-order chi connectivity index (χ1) is 28.3. The van der Waals surface area contributed by atoms with Gasteiger partial charge in [0.1, 0.15) is 11.5 Å². The predicted octanol–water partition coefficient (Wildman–Crippen LogP) is 13.2. The molecule has 0 N–H and O–H groups in total. The van der Waals surface area contributed by atoms with Gasteiger partial charge in [-0.25, -0.2) is 9.97 Å². The maximum atomic E-state index is 5.62. The molecular formula is C53H39N5Pt. The number of aromatic nitrogens is 5. The second-order valence-corrected chi connectivity index (χ2v) is 16.3. The Hall–Kier alpha value is -6.55. The minimum absolute atomic E-state index is 0. The van der Waals surface area contributed by atoms with Crippen LogP contribution in [0.5, 0.6) is 0 Å². The van der Waals surface area contributed by atoms with Gasteiger partial charge in [-0.2, -0.15) is 0 Å². The molecule has 0 fully saturated rings. The van der Waals surface area contributed by atoms with E-state index in [9.17, 15) is 0 Å². The van der Waals surface area contributed by atoms with Gasteiger partial charge < -0.3 is 9.55 Å². The number of nitrogens with zero attached hydrogens (tertiary/aromatic N) is 5. The molecule has 0 bridgehead atoms. The number of aryl methyl sites for hydroxylation is 1. The first-order valence-corrected chi connectivity index (χ1v) is 19.9. The molecule has 0 amide bonds. The third-order valence-electron chi connectivity index (χ3n) is 11.5. The Morgan fingerprint density at radius 2 is 1.39 bits per heavy atom. The van der Waals surface area contributed by atoms with Gasteiger partial charge in [0.2, 0.25) is 0 Å². The summed E-state index contributed by atoms with van der Waals surface area (Å²) in [6.45, 7) is 8.98. The van der Waals surface area contributed by atoms with Crippen LogP contribution in [0.4, 0.5) is 0 Å². The fraction of sp³-hybridized carbons (Fsp3) is 0.0943. The first kappa shape index (κ1) is 36.8. The van der Waals surface area contributed by atoms with Crippen LogP contribution in [-0.4, -0.2) is 19.1 Å². The summed E-state index contributed by atoms with van der Waals surface area (Å²) in [6, 6.07) is 59.9. The van der Waals surface area contributed by atoms with Crippen LogP contribution < -0.4 is 4.98 Å². The Kier molecular flexibility index (Phi) is 8.77. The van der Waals surface area contributed by atoms with Crippen molar-refractivity contribution < 1.29 is 21.1 Å². The van der Waals surface area contributed by atoms with E-state index in [2.05, 4.69) is 195 Å². The summed E-state index contributed by atoms with van der Waals surface area (Å²) in [6.07, 6.45) is 1.87. The summed E-state index contributed by atoms with van der Waals surface area (Å²) < 4.78 is 4.55. The van der Waals surface area contributed by atoms with E-state index >= 15 is 0 Å². The van der Waals surface area contributed by atoms with Crippen LogP contribution in [0.3, 0.4) is 0 Å². The summed E-state index contributed by atoms with van der Waals surface area (Å²) in [5.74, 6) is 0.862. The molecule has 4 heterocycles. The Balaban J connectivity index is 0.00000420. The zero-order valence-electron chi connectivity index (χ0n) is 33.1. The second-order valence-electron chi connectivity index (χ2n) is 16.3.